The largest absolute Gasteiger partial charge is 0.508 e. The number of aromatic amines is 2. The van der Waals surface area contributed by atoms with Gasteiger partial charge in [-0.05, 0) is 71.7 Å². The van der Waals surface area contributed by atoms with Crippen molar-refractivity contribution in [2.24, 2.45) is 17.6 Å². The molecule has 0 bridgehead atoms. The van der Waals surface area contributed by atoms with Crippen molar-refractivity contribution in [1.29, 1.82) is 0 Å². The zero-order valence-corrected chi connectivity index (χ0v) is 40.2. The van der Waals surface area contributed by atoms with E-state index in [1.54, 1.807) is 33.9 Å². The van der Waals surface area contributed by atoms with E-state index >= 15 is 0 Å². The number of para-hydroxylation sites is 1. The van der Waals surface area contributed by atoms with Crippen molar-refractivity contribution in [2.75, 3.05) is 0 Å². The van der Waals surface area contributed by atoms with Crippen LogP contribution >= 0.6 is 0 Å². The number of carboxylic acid groups (broad SMARTS) is 2. The van der Waals surface area contributed by atoms with Crippen LogP contribution < -0.4 is 37.6 Å². The van der Waals surface area contributed by atoms with Crippen molar-refractivity contribution in [3.8, 4) is 11.5 Å². The number of carboxylic acids is 2. The molecule has 7 atom stereocenters. The van der Waals surface area contributed by atoms with Crippen molar-refractivity contribution >= 4 is 58.3 Å². The smallest absolute Gasteiger partial charge is 0.326 e. The highest BCUT2D eigenvalue weighted by atomic mass is 16.4. The lowest BCUT2D eigenvalue weighted by Crippen LogP contribution is -2.61. The molecule has 0 saturated heterocycles. The summed E-state index contributed by atoms with van der Waals surface area (Å²) >= 11 is 0. The maximum Gasteiger partial charge on any atom is 0.326 e. The Kier molecular flexibility index (Phi) is 19.4. The van der Waals surface area contributed by atoms with Crippen molar-refractivity contribution in [2.45, 2.75) is 109 Å². The van der Waals surface area contributed by atoms with Crippen LogP contribution in [0.15, 0.2) is 91.5 Å². The Bertz CT molecular complexity index is 2670. The standard InChI is InChI=1S/C50H62N10O12/c1-26(2)17-37(56-48(69)41(22-42(63)64)55-44(65)35(51)20-30-23-53-36-8-6-5-7-34(30)36)45(66)57-38(18-28-9-13-32(61)14-10-28)46(67)58-39(19-29-11-15-33(62)16-12-29)47(68)59-40(21-31-24-52-25-54-31)49(70)60-43(27(3)4)50(71)72/h5-16,23-27,35,37-41,43,53,61-62H,17-22,51H2,1-4H3,(H,52,54)(H,55,65)(H,56,69)(H,57,66)(H,58,67)(H,59,68)(H,60,70)(H,63,64)(H,71,72)/t35-,37-,38-,39-,40-,41-,43-/m0/s1. The molecule has 0 aliphatic carbocycles. The lowest BCUT2D eigenvalue weighted by molar-refractivity contribution is -0.143. The molecule has 0 radical (unpaired) electrons. The minimum Gasteiger partial charge on any atom is -0.508 e. The molecule has 72 heavy (non-hydrogen) atoms. The van der Waals surface area contributed by atoms with Crippen molar-refractivity contribution < 1.29 is 58.8 Å². The monoisotopic (exact) mass is 994 g/mol. The molecule has 0 saturated carbocycles. The molecule has 0 aliphatic rings. The lowest BCUT2D eigenvalue weighted by Gasteiger charge is -2.28. The molecule has 5 rings (SSSR count). The number of H-pyrrole nitrogens is 2. The third kappa shape index (κ3) is 16.2. The SMILES string of the molecule is CC(C)C[C@H](NC(=O)[C@H](CC(=O)O)NC(=O)[C@@H](N)Cc1c[nH]c2ccccc12)C(=O)N[C@@H](Cc1ccc(O)cc1)C(=O)N[C@@H](Cc1ccc(O)cc1)C(=O)N[C@@H](Cc1c[nH]cn1)C(=O)N[C@H](C(=O)O)C(C)C. The van der Waals surface area contributed by atoms with Crippen molar-refractivity contribution in [1.82, 2.24) is 46.9 Å². The highest BCUT2D eigenvalue weighted by molar-refractivity contribution is 5.98. The van der Waals surface area contributed by atoms with Gasteiger partial charge in [0.2, 0.25) is 35.4 Å². The summed E-state index contributed by atoms with van der Waals surface area (Å²) in [6, 6.07) is 8.80. The minimum atomic E-state index is -1.68. The van der Waals surface area contributed by atoms with Crippen LogP contribution in [0, 0.1) is 11.8 Å². The van der Waals surface area contributed by atoms with Gasteiger partial charge in [0, 0.05) is 42.6 Å². The van der Waals surface area contributed by atoms with Gasteiger partial charge in [-0.25, -0.2) is 9.78 Å². The summed E-state index contributed by atoms with van der Waals surface area (Å²) in [7, 11) is 0. The third-order valence-electron chi connectivity index (χ3n) is 11.7. The molecule has 22 heteroatoms. The Balaban J connectivity index is 1.40. The number of amides is 6. The molecule has 0 spiro atoms. The van der Waals surface area contributed by atoms with Crippen LogP contribution in [0.4, 0.5) is 0 Å². The number of imidazole rings is 1. The fourth-order valence-electron chi connectivity index (χ4n) is 7.83. The van der Waals surface area contributed by atoms with Gasteiger partial charge >= 0.3 is 11.9 Å². The number of nitrogens with one attached hydrogen (secondary N) is 8. The third-order valence-corrected chi connectivity index (χ3v) is 11.7. The van der Waals surface area contributed by atoms with Gasteiger partial charge in [0.15, 0.2) is 0 Å². The van der Waals surface area contributed by atoms with E-state index in [1.807, 2.05) is 24.3 Å². The molecular formula is C50H62N10O12. The van der Waals surface area contributed by atoms with Crippen LogP contribution in [-0.4, -0.2) is 125 Å². The summed E-state index contributed by atoms with van der Waals surface area (Å²) < 4.78 is 0. The van der Waals surface area contributed by atoms with Crippen molar-refractivity contribution in [3.05, 3.63) is 114 Å². The number of nitrogens with zero attached hydrogens (tertiary/aromatic N) is 1. The average Bonchev–Trinajstić information content (AvgIpc) is 4.00. The van der Waals surface area contributed by atoms with Crippen LogP contribution in [0.25, 0.3) is 10.9 Å². The summed E-state index contributed by atoms with van der Waals surface area (Å²) in [5.74, 6) is -9.11. The fourth-order valence-corrected chi connectivity index (χ4v) is 7.83. The number of hydrogen-bond donors (Lipinski definition) is 13. The predicted molar refractivity (Wildman–Crippen MR) is 262 cm³/mol. The first-order valence-corrected chi connectivity index (χ1v) is 23.3. The van der Waals surface area contributed by atoms with Gasteiger partial charge < -0.3 is 68.0 Å². The van der Waals surface area contributed by atoms with E-state index in [1.165, 1.54) is 61.1 Å². The Morgan fingerprint density at radius 2 is 1.07 bits per heavy atom. The number of nitrogens with two attached hydrogens (primary N) is 1. The Hall–Kier alpha value is -8.27. The number of carbonyl (C=O) groups is 8. The van der Waals surface area contributed by atoms with Crippen LogP contribution in [0.5, 0.6) is 11.5 Å². The molecule has 14 N–H and O–H groups in total. The second kappa shape index (κ2) is 25.5. The van der Waals surface area contributed by atoms with Crippen molar-refractivity contribution in [3.63, 3.8) is 0 Å². The summed E-state index contributed by atoms with van der Waals surface area (Å²) in [4.78, 5) is 118. The van der Waals surface area contributed by atoms with Gasteiger partial charge in [-0.3, -0.25) is 33.6 Å². The van der Waals surface area contributed by atoms with E-state index < -0.39 is 102 Å². The molecule has 22 nitrogen and oxygen atoms in total. The first kappa shape index (κ1) is 54.7. The number of carbonyl (C=O) groups excluding carboxylic acids is 6. The van der Waals surface area contributed by atoms with Gasteiger partial charge in [0.25, 0.3) is 0 Å². The topological polar surface area (TPSA) is 360 Å². The van der Waals surface area contributed by atoms with Gasteiger partial charge in [-0.15, -0.1) is 0 Å². The van der Waals surface area contributed by atoms with Gasteiger partial charge in [-0.2, -0.15) is 0 Å². The summed E-state index contributed by atoms with van der Waals surface area (Å²) in [5, 5.41) is 55.8. The van der Waals surface area contributed by atoms with E-state index in [4.69, 9.17) is 5.73 Å². The molecule has 2 aromatic heterocycles. The molecule has 0 aliphatic heterocycles. The normalized spacial score (nSPS) is 14.2. The Labute approximate surface area is 414 Å². The second-order valence-electron chi connectivity index (χ2n) is 18.3. The quantitative estimate of drug-likeness (QED) is 0.0369. The number of aliphatic carboxylic acids is 2. The highest BCUT2D eigenvalue weighted by Crippen LogP contribution is 2.20. The predicted octanol–water partition coefficient (Wildman–Crippen LogP) is 1.07. The van der Waals surface area contributed by atoms with E-state index in [0.29, 0.717) is 22.4 Å². The minimum absolute atomic E-state index is 0.0240. The number of hydrogen-bond acceptors (Lipinski definition) is 12. The summed E-state index contributed by atoms with van der Waals surface area (Å²) in [6.07, 6.45) is 3.05. The van der Waals surface area contributed by atoms with E-state index in [0.717, 1.165) is 10.9 Å². The van der Waals surface area contributed by atoms with Gasteiger partial charge in [0.1, 0.15) is 47.8 Å². The fraction of sp³-hybridized carbons (Fsp3) is 0.380. The van der Waals surface area contributed by atoms with Crippen LogP contribution in [0.3, 0.4) is 0 Å². The van der Waals surface area contributed by atoms with Crippen LogP contribution in [0.1, 0.15) is 62.9 Å². The number of aromatic hydroxyl groups is 2. The maximum absolute atomic E-state index is 14.6. The molecule has 0 unspecified atom stereocenters. The summed E-state index contributed by atoms with van der Waals surface area (Å²) in [5.41, 5.74) is 9.02. The van der Waals surface area contributed by atoms with Gasteiger partial charge in [0.05, 0.1) is 24.5 Å². The van der Waals surface area contributed by atoms with E-state index in [2.05, 4.69) is 46.9 Å². The number of phenols is 2. The molecule has 0 fully saturated rings. The first-order valence-electron chi connectivity index (χ1n) is 23.3. The number of rotatable bonds is 26. The van der Waals surface area contributed by atoms with E-state index in [9.17, 15) is 58.8 Å². The first-order chi connectivity index (χ1) is 34.2. The zero-order chi connectivity index (χ0) is 52.6. The molecule has 384 valence electrons. The van der Waals surface area contributed by atoms with Crippen LogP contribution in [0.2, 0.25) is 0 Å². The average molecular weight is 995 g/mol. The second-order valence-corrected chi connectivity index (χ2v) is 18.3. The number of fused-ring (bicyclic) bond motifs is 1. The van der Waals surface area contributed by atoms with Crippen LogP contribution in [-0.2, 0) is 64.0 Å². The molecule has 3 aromatic carbocycles. The number of phenolic OH excluding ortho intramolecular Hbond substituents is 2. The zero-order valence-electron chi connectivity index (χ0n) is 40.2. The molecule has 2 heterocycles. The molecule has 6 amide bonds. The number of aromatic nitrogens is 3. The lowest BCUT2D eigenvalue weighted by atomic mass is 9.99. The molecule has 5 aromatic rings. The maximum atomic E-state index is 14.6. The van der Waals surface area contributed by atoms with Gasteiger partial charge in [-0.1, -0.05) is 70.2 Å². The highest BCUT2D eigenvalue weighted by Gasteiger charge is 2.35. The Morgan fingerprint density at radius 1 is 0.583 bits per heavy atom. The summed E-state index contributed by atoms with van der Waals surface area (Å²) in [6.45, 7) is 6.70. The Morgan fingerprint density at radius 3 is 1.57 bits per heavy atom. The van der Waals surface area contributed by atoms with E-state index in [-0.39, 0.29) is 49.5 Å². The number of benzene rings is 3. The molecular weight excluding hydrogens is 933 g/mol.